The number of benzene rings is 17. The third-order valence-corrected chi connectivity index (χ3v) is 20.2. The van der Waals surface area contributed by atoms with Gasteiger partial charge in [-0.15, -0.1) is 0 Å². The summed E-state index contributed by atoms with van der Waals surface area (Å²) in [6, 6.07) is 103. The van der Waals surface area contributed by atoms with E-state index < -0.39 is 0 Å². The second-order valence-corrected chi connectivity index (χ2v) is 24.5. The van der Waals surface area contributed by atoms with Crippen LogP contribution in [0.1, 0.15) is 0 Å². The van der Waals surface area contributed by atoms with E-state index in [0.29, 0.717) is 5.82 Å². The summed E-state index contributed by atoms with van der Waals surface area (Å²) < 4.78 is 0. The van der Waals surface area contributed by atoms with Gasteiger partial charge >= 0.3 is 0 Å². The molecule has 0 radical (unpaired) electrons. The molecule has 0 saturated heterocycles. The first-order chi connectivity index (χ1) is 43.6. The molecule has 0 fully saturated rings. The molecule has 3 aliphatic rings. The van der Waals surface area contributed by atoms with Crippen molar-refractivity contribution in [3.8, 4) is 134 Å². The van der Waals surface area contributed by atoms with E-state index in [4.69, 9.17) is 9.97 Å². The Labute approximate surface area is 506 Å². The maximum atomic E-state index is 5.44. The van der Waals surface area contributed by atoms with Crippen LogP contribution in [0.2, 0.25) is 0 Å². The van der Waals surface area contributed by atoms with Gasteiger partial charge in [-0.1, -0.05) is 237 Å². The van der Waals surface area contributed by atoms with Crippen LogP contribution in [-0.4, -0.2) is 9.97 Å². The van der Waals surface area contributed by atoms with Crippen molar-refractivity contribution in [2.75, 3.05) is 0 Å². The topological polar surface area (TPSA) is 25.8 Å². The van der Waals surface area contributed by atoms with E-state index in [0.717, 1.165) is 16.8 Å². The molecule has 18 aromatic rings. The van der Waals surface area contributed by atoms with Gasteiger partial charge in [0.15, 0.2) is 5.82 Å². The maximum absolute atomic E-state index is 5.44. The van der Waals surface area contributed by atoms with Crippen LogP contribution in [0.4, 0.5) is 0 Å². The zero-order valence-electron chi connectivity index (χ0n) is 47.5. The Hall–Kier alpha value is -11.6. The second-order valence-electron chi connectivity index (χ2n) is 24.5. The van der Waals surface area contributed by atoms with Crippen LogP contribution >= 0.6 is 0 Å². The van der Waals surface area contributed by atoms with E-state index in [1.807, 2.05) is 6.20 Å². The summed E-state index contributed by atoms with van der Waals surface area (Å²) in [6.07, 6.45) is 1.93. The van der Waals surface area contributed by atoms with Crippen LogP contribution in [-0.2, 0) is 0 Å². The van der Waals surface area contributed by atoms with Gasteiger partial charge in [0.25, 0.3) is 0 Å². The predicted molar refractivity (Wildman–Crippen MR) is 370 cm³/mol. The van der Waals surface area contributed by atoms with E-state index in [2.05, 4.69) is 273 Å². The Morgan fingerprint density at radius 2 is 0.648 bits per heavy atom. The molecule has 1 heterocycles. The molecule has 400 valence electrons. The van der Waals surface area contributed by atoms with Gasteiger partial charge < -0.3 is 0 Å². The Balaban J connectivity index is 0.943. The normalized spacial score (nSPS) is 12.5. The molecule has 0 N–H and O–H groups in total. The molecule has 1 aromatic heterocycles. The van der Waals surface area contributed by atoms with Crippen molar-refractivity contribution in [3.05, 3.63) is 279 Å². The zero-order chi connectivity index (χ0) is 57.0. The highest BCUT2D eigenvalue weighted by Crippen LogP contribution is 2.64. The SMILES string of the molecule is c1ccc(-c2nccc(-c3cc4c(c(-c5ccc6c7c(cccc57)-c5ccccc5-6)c3)-c3cc(-c5ccc6ccc7cccc8ccc5c6c78)c(-c5cc6c7c(cccc7c5)-c5ccccc5-6)c(-c5ccc6ccc7cccc8ccc5c6c78)c3-4)n2)cc1. The minimum atomic E-state index is 0.703. The number of hydrogen-bond donors (Lipinski definition) is 0. The average molecular weight is 1110 g/mol. The molecule has 2 nitrogen and oxygen atoms in total. The summed E-state index contributed by atoms with van der Waals surface area (Å²) in [4.78, 5) is 10.3. The Morgan fingerprint density at radius 3 is 1.33 bits per heavy atom. The first kappa shape index (κ1) is 46.8. The van der Waals surface area contributed by atoms with Gasteiger partial charge in [0, 0.05) is 17.3 Å². The van der Waals surface area contributed by atoms with Gasteiger partial charge in [-0.25, -0.2) is 9.97 Å². The van der Waals surface area contributed by atoms with Crippen LogP contribution in [0.15, 0.2) is 279 Å². The number of hydrogen-bond acceptors (Lipinski definition) is 2. The number of rotatable bonds is 6. The van der Waals surface area contributed by atoms with E-state index in [1.54, 1.807) is 0 Å². The van der Waals surface area contributed by atoms with Crippen molar-refractivity contribution in [2.45, 2.75) is 0 Å². The van der Waals surface area contributed by atoms with E-state index in [9.17, 15) is 0 Å². The lowest BCUT2D eigenvalue weighted by Crippen LogP contribution is -2.08. The zero-order valence-corrected chi connectivity index (χ0v) is 47.5. The third kappa shape index (κ3) is 6.15. The molecule has 21 rings (SSSR count). The second kappa shape index (κ2) is 17.1. The molecule has 0 spiro atoms. The maximum Gasteiger partial charge on any atom is 0.159 e. The lowest BCUT2D eigenvalue weighted by atomic mass is 9.68. The highest BCUT2D eigenvalue weighted by Gasteiger charge is 2.37. The largest absolute Gasteiger partial charge is 0.237 e. The van der Waals surface area contributed by atoms with Gasteiger partial charge in [-0.3, -0.25) is 0 Å². The summed E-state index contributed by atoms with van der Waals surface area (Å²) in [5, 5.41) is 20.4. The highest BCUT2D eigenvalue weighted by molar-refractivity contribution is 6.32. The monoisotopic (exact) mass is 1110 g/mol. The molecule has 2 heteroatoms. The first-order valence-corrected chi connectivity index (χ1v) is 30.6. The van der Waals surface area contributed by atoms with E-state index in [-0.39, 0.29) is 0 Å². The fraction of sp³-hybridized carbons (Fsp3) is 0. The quantitative estimate of drug-likeness (QED) is 0.155. The van der Waals surface area contributed by atoms with Crippen molar-refractivity contribution >= 4 is 86.2 Å². The van der Waals surface area contributed by atoms with Crippen molar-refractivity contribution in [3.63, 3.8) is 0 Å². The molecular weight excluding hydrogens is 1060 g/mol. The highest BCUT2D eigenvalue weighted by atomic mass is 14.9. The predicted octanol–water partition coefficient (Wildman–Crippen LogP) is 23.5. The fourth-order valence-corrected chi connectivity index (χ4v) is 16.5. The standard InChI is InChI=1S/C86H46N2/c1-2-12-53(13-3-1)86-87-41-40-75(88-86)55-43-71(62-38-39-67-58-20-5-4-19-57(58)64-24-11-25-65(62)82(64)67)83-73(44-55)84-74(83)46-72(61-34-30-51-28-26-47-14-8-16-49-31-35-66(61)79(51)76(47)49)81(56-42-54-18-10-23-63-59-21-6-7-22-60(59)70(45-56)78(54)63)85(84)69-37-33-52-29-27-48-15-9-17-50-32-36-68(69)80(52)77(48)50/h1-46H. The molecule has 0 bridgehead atoms. The van der Waals surface area contributed by atoms with Crippen molar-refractivity contribution < 1.29 is 0 Å². The van der Waals surface area contributed by atoms with Crippen molar-refractivity contribution in [1.82, 2.24) is 9.97 Å². The molecule has 88 heavy (non-hydrogen) atoms. The molecule has 0 atom stereocenters. The van der Waals surface area contributed by atoms with Crippen LogP contribution in [0.5, 0.6) is 0 Å². The summed E-state index contributed by atoms with van der Waals surface area (Å²) in [5.41, 5.74) is 27.9. The van der Waals surface area contributed by atoms with Crippen molar-refractivity contribution in [2.24, 2.45) is 0 Å². The minimum Gasteiger partial charge on any atom is -0.237 e. The van der Waals surface area contributed by atoms with Crippen LogP contribution in [0, 0.1) is 0 Å². The molecular formula is C86H46N2. The summed E-state index contributed by atoms with van der Waals surface area (Å²) in [7, 11) is 0. The van der Waals surface area contributed by atoms with Crippen molar-refractivity contribution in [1.29, 1.82) is 0 Å². The summed E-state index contributed by atoms with van der Waals surface area (Å²) in [6.45, 7) is 0. The summed E-state index contributed by atoms with van der Waals surface area (Å²) in [5.74, 6) is 0.703. The first-order valence-electron chi connectivity index (χ1n) is 30.6. The number of fused-ring (bicyclic) bond motifs is 10. The molecule has 0 saturated carbocycles. The molecule has 17 aromatic carbocycles. The lowest BCUT2D eigenvalue weighted by molar-refractivity contribution is 1.18. The molecule has 3 aliphatic carbocycles. The van der Waals surface area contributed by atoms with Gasteiger partial charge in [-0.2, -0.15) is 0 Å². The average Bonchev–Trinajstić information content (AvgIpc) is 0.768. The number of aromatic nitrogens is 2. The Kier molecular flexibility index (Phi) is 9.07. The van der Waals surface area contributed by atoms with E-state index in [1.165, 1.54) is 197 Å². The molecule has 0 unspecified atom stereocenters. The minimum absolute atomic E-state index is 0.703. The Bertz CT molecular complexity index is 6100. The van der Waals surface area contributed by atoms with Gasteiger partial charge in [-0.05, 0) is 234 Å². The lowest BCUT2D eigenvalue weighted by Gasteiger charge is -2.35. The molecule has 0 amide bonds. The fourth-order valence-electron chi connectivity index (χ4n) is 16.5. The number of nitrogens with zero attached hydrogens (tertiary/aromatic N) is 2. The van der Waals surface area contributed by atoms with Crippen LogP contribution in [0.25, 0.3) is 220 Å². The van der Waals surface area contributed by atoms with Gasteiger partial charge in [0.2, 0.25) is 0 Å². The van der Waals surface area contributed by atoms with Crippen LogP contribution < -0.4 is 0 Å². The summed E-state index contributed by atoms with van der Waals surface area (Å²) >= 11 is 0. The van der Waals surface area contributed by atoms with Gasteiger partial charge in [0.1, 0.15) is 0 Å². The smallest absolute Gasteiger partial charge is 0.159 e. The van der Waals surface area contributed by atoms with Gasteiger partial charge in [0.05, 0.1) is 5.69 Å². The Morgan fingerprint density at radius 1 is 0.193 bits per heavy atom. The third-order valence-electron chi connectivity index (χ3n) is 20.2. The molecule has 0 aliphatic heterocycles. The van der Waals surface area contributed by atoms with E-state index >= 15 is 0 Å². The van der Waals surface area contributed by atoms with Crippen LogP contribution in [0.3, 0.4) is 0 Å².